The van der Waals surface area contributed by atoms with E-state index in [1.54, 1.807) is 25.3 Å². The maximum atomic E-state index is 12.1. The number of nitrogen functional groups attached to an aromatic ring is 1. The molecule has 0 radical (unpaired) electrons. The SMILES string of the molecule is COc1ccc(N)c(C(=O)NC2CCOCC2)c1. The van der Waals surface area contributed by atoms with Gasteiger partial charge in [0.25, 0.3) is 5.91 Å². The van der Waals surface area contributed by atoms with Crippen molar-refractivity contribution >= 4 is 11.6 Å². The maximum Gasteiger partial charge on any atom is 0.253 e. The van der Waals surface area contributed by atoms with Crippen LogP contribution in [-0.4, -0.2) is 32.3 Å². The number of ether oxygens (including phenoxy) is 2. The Morgan fingerprint density at radius 2 is 2.17 bits per heavy atom. The molecule has 5 heteroatoms. The number of nitrogens with two attached hydrogens (primary N) is 1. The number of carbonyl (C=O) groups excluding carboxylic acids is 1. The zero-order valence-electron chi connectivity index (χ0n) is 10.4. The number of benzene rings is 1. The Morgan fingerprint density at radius 3 is 2.83 bits per heavy atom. The zero-order valence-corrected chi connectivity index (χ0v) is 10.4. The van der Waals surface area contributed by atoms with Crippen LogP contribution in [0, 0.1) is 0 Å². The molecule has 1 fully saturated rings. The second-order valence-corrected chi connectivity index (χ2v) is 4.31. The molecular weight excluding hydrogens is 232 g/mol. The second-order valence-electron chi connectivity index (χ2n) is 4.31. The molecule has 1 amide bonds. The molecule has 1 aliphatic rings. The smallest absolute Gasteiger partial charge is 0.253 e. The van der Waals surface area contributed by atoms with Crippen molar-refractivity contribution in [1.29, 1.82) is 0 Å². The number of hydrogen-bond donors (Lipinski definition) is 2. The van der Waals surface area contributed by atoms with Crippen LogP contribution in [0.15, 0.2) is 18.2 Å². The van der Waals surface area contributed by atoms with Crippen molar-refractivity contribution in [2.24, 2.45) is 0 Å². The molecule has 0 atom stereocenters. The van der Waals surface area contributed by atoms with Crippen molar-refractivity contribution in [3.8, 4) is 5.75 Å². The van der Waals surface area contributed by atoms with E-state index in [-0.39, 0.29) is 11.9 Å². The Bertz CT molecular complexity index is 428. The highest BCUT2D eigenvalue weighted by atomic mass is 16.5. The van der Waals surface area contributed by atoms with E-state index in [2.05, 4.69) is 5.32 Å². The van der Waals surface area contributed by atoms with Crippen molar-refractivity contribution in [2.75, 3.05) is 26.1 Å². The van der Waals surface area contributed by atoms with Crippen LogP contribution >= 0.6 is 0 Å². The molecule has 1 aromatic carbocycles. The lowest BCUT2D eigenvalue weighted by Crippen LogP contribution is -2.39. The van der Waals surface area contributed by atoms with Crippen LogP contribution in [0.25, 0.3) is 0 Å². The summed E-state index contributed by atoms with van der Waals surface area (Å²) in [6, 6.07) is 5.24. The second kappa shape index (κ2) is 5.73. The van der Waals surface area contributed by atoms with Gasteiger partial charge < -0.3 is 20.5 Å². The molecule has 0 spiro atoms. The number of nitrogens with one attached hydrogen (secondary N) is 1. The van der Waals surface area contributed by atoms with E-state index in [1.807, 2.05) is 0 Å². The van der Waals surface area contributed by atoms with Gasteiger partial charge in [0.1, 0.15) is 5.75 Å². The Kier molecular flexibility index (Phi) is 4.04. The summed E-state index contributed by atoms with van der Waals surface area (Å²) in [6.45, 7) is 1.39. The van der Waals surface area contributed by atoms with Gasteiger partial charge in [0.2, 0.25) is 0 Å². The van der Waals surface area contributed by atoms with Gasteiger partial charge in [0.05, 0.1) is 12.7 Å². The summed E-state index contributed by atoms with van der Waals surface area (Å²) in [5.74, 6) is 0.472. The summed E-state index contributed by atoms with van der Waals surface area (Å²) < 4.78 is 10.3. The average Bonchev–Trinajstić information content (AvgIpc) is 2.40. The number of amides is 1. The van der Waals surface area contributed by atoms with Crippen molar-refractivity contribution < 1.29 is 14.3 Å². The quantitative estimate of drug-likeness (QED) is 0.790. The molecule has 0 saturated carbocycles. The summed E-state index contributed by atoms with van der Waals surface area (Å²) in [4.78, 5) is 12.1. The minimum Gasteiger partial charge on any atom is -0.497 e. The fourth-order valence-electron chi connectivity index (χ4n) is 1.96. The largest absolute Gasteiger partial charge is 0.497 e. The van der Waals surface area contributed by atoms with Gasteiger partial charge in [-0.2, -0.15) is 0 Å². The Labute approximate surface area is 106 Å². The van der Waals surface area contributed by atoms with E-state index in [1.165, 1.54) is 0 Å². The standard InChI is InChI=1S/C13H18N2O3/c1-17-10-2-3-12(14)11(8-10)13(16)15-9-4-6-18-7-5-9/h2-3,8-9H,4-7,14H2,1H3,(H,15,16). The highest BCUT2D eigenvalue weighted by Crippen LogP contribution is 2.20. The van der Waals surface area contributed by atoms with Crippen LogP contribution in [0.3, 0.4) is 0 Å². The number of methoxy groups -OCH3 is 1. The summed E-state index contributed by atoms with van der Waals surface area (Å²) >= 11 is 0. The fourth-order valence-corrected chi connectivity index (χ4v) is 1.96. The molecule has 98 valence electrons. The van der Waals surface area contributed by atoms with Gasteiger partial charge in [0, 0.05) is 24.9 Å². The van der Waals surface area contributed by atoms with Crippen LogP contribution in [0.1, 0.15) is 23.2 Å². The number of carbonyl (C=O) groups is 1. The molecule has 2 rings (SSSR count). The molecule has 3 N–H and O–H groups in total. The Hall–Kier alpha value is -1.75. The molecule has 0 aliphatic carbocycles. The predicted molar refractivity (Wildman–Crippen MR) is 68.7 cm³/mol. The molecule has 1 heterocycles. The highest BCUT2D eigenvalue weighted by molar-refractivity contribution is 5.99. The molecule has 0 bridgehead atoms. The van der Waals surface area contributed by atoms with Crippen LogP contribution in [0.5, 0.6) is 5.75 Å². The van der Waals surface area contributed by atoms with Crippen molar-refractivity contribution in [1.82, 2.24) is 5.32 Å². The minimum atomic E-state index is -0.154. The van der Waals surface area contributed by atoms with Crippen LogP contribution in [-0.2, 0) is 4.74 Å². The normalized spacial score (nSPS) is 16.3. The van der Waals surface area contributed by atoms with Crippen molar-refractivity contribution in [2.45, 2.75) is 18.9 Å². The van der Waals surface area contributed by atoms with Crippen LogP contribution < -0.4 is 15.8 Å². The summed E-state index contributed by atoms with van der Waals surface area (Å²) in [7, 11) is 1.56. The molecular formula is C13H18N2O3. The molecule has 1 saturated heterocycles. The Morgan fingerprint density at radius 1 is 1.44 bits per heavy atom. The monoisotopic (exact) mass is 250 g/mol. The minimum absolute atomic E-state index is 0.154. The van der Waals surface area contributed by atoms with Crippen LogP contribution in [0.2, 0.25) is 0 Å². The van der Waals surface area contributed by atoms with Crippen molar-refractivity contribution in [3.63, 3.8) is 0 Å². The molecule has 0 aromatic heterocycles. The third-order valence-corrected chi connectivity index (χ3v) is 3.06. The van der Waals surface area contributed by atoms with E-state index in [0.717, 1.165) is 12.8 Å². The predicted octanol–water partition coefficient (Wildman–Crippen LogP) is 1.19. The molecule has 1 aliphatic heterocycles. The van der Waals surface area contributed by atoms with Crippen LogP contribution in [0.4, 0.5) is 5.69 Å². The summed E-state index contributed by atoms with van der Waals surface area (Å²) in [5, 5.41) is 2.97. The lowest BCUT2D eigenvalue weighted by atomic mass is 10.1. The van der Waals surface area contributed by atoms with Gasteiger partial charge in [-0.15, -0.1) is 0 Å². The van der Waals surface area contributed by atoms with E-state index < -0.39 is 0 Å². The lowest BCUT2D eigenvalue weighted by Gasteiger charge is -2.23. The van der Waals surface area contributed by atoms with E-state index in [0.29, 0.717) is 30.2 Å². The van der Waals surface area contributed by atoms with Gasteiger partial charge in [0.15, 0.2) is 0 Å². The third kappa shape index (κ3) is 2.92. The number of anilines is 1. The highest BCUT2D eigenvalue weighted by Gasteiger charge is 2.18. The first-order valence-electron chi connectivity index (χ1n) is 6.03. The first-order valence-corrected chi connectivity index (χ1v) is 6.03. The van der Waals surface area contributed by atoms with Gasteiger partial charge in [-0.25, -0.2) is 0 Å². The van der Waals surface area contributed by atoms with E-state index >= 15 is 0 Å². The van der Waals surface area contributed by atoms with E-state index in [4.69, 9.17) is 15.2 Å². The lowest BCUT2D eigenvalue weighted by molar-refractivity contribution is 0.0697. The Balaban J connectivity index is 2.07. The maximum absolute atomic E-state index is 12.1. The van der Waals surface area contributed by atoms with Crippen molar-refractivity contribution in [3.05, 3.63) is 23.8 Å². The molecule has 0 unspecified atom stereocenters. The first kappa shape index (κ1) is 12.7. The fraction of sp³-hybridized carbons (Fsp3) is 0.462. The topological polar surface area (TPSA) is 73.6 Å². The summed E-state index contributed by atoms with van der Waals surface area (Å²) in [6.07, 6.45) is 1.69. The number of hydrogen-bond acceptors (Lipinski definition) is 4. The van der Waals surface area contributed by atoms with Gasteiger partial charge in [-0.1, -0.05) is 0 Å². The zero-order chi connectivity index (χ0) is 13.0. The molecule has 18 heavy (non-hydrogen) atoms. The third-order valence-electron chi connectivity index (χ3n) is 3.06. The van der Waals surface area contributed by atoms with Gasteiger partial charge >= 0.3 is 0 Å². The molecule has 1 aromatic rings. The van der Waals surface area contributed by atoms with Gasteiger partial charge in [-0.3, -0.25) is 4.79 Å². The number of rotatable bonds is 3. The average molecular weight is 250 g/mol. The first-order chi connectivity index (χ1) is 8.70. The molecule has 5 nitrogen and oxygen atoms in total. The summed E-state index contributed by atoms with van der Waals surface area (Å²) in [5.41, 5.74) is 6.73. The van der Waals surface area contributed by atoms with E-state index in [9.17, 15) is 4.79 Å². The van der Waals surface area contributed by atoms with Gasteiger partial charge in [-0.05, 0) is 31.0 Å².